The van der Waals surface area contributed by atoms with Crippen LogP contribution in [0.25, 0.3) is 111 Å². The summed E-state index contributed by atoms with van der Waals surface area (Å²) in [6.45, 7) is 0. The highest BCUT2D eigenvalue weighted by atomic mass is 15.0. The Balaban J connectivity index is 1.20. The van der Waals surface area contributed by atoms with Crippen molar-refractivity contribution in [3.8, 4) is 122 Å². The van der Waals surface area contributed by atoms with Crippen molar-refractivity contribution in [2.45, 2.75) is 0 Å². The molecule has 3 heterocycles. The van der Waals surface area contributed by atoms with Crippen LogP contribution in [0.5, 0.6) is 0 Å². The zero-order chi connectivity index (χ0) is 55.2. The van der Waals surface area contributed by atoms with Crippen molar-refractivity contribution in [2.24, 2.45) is 0 Å². The van der Waals surface area contributed by atoms with Gasteiger partial charge in [0.2, 0.25) is 0 Å². The topological polar surface area (TPSA) is 237 Å². The molecule has 9 aromatic carbocycles. The Morgan fingerprint density at radius 1 is 0.250 bits per heavy atom. The molecule has 0 saturated heterocycles. The summed E-state index contributed by atoms with van der Waals surface area (Å²) in [5, 5.41) is 95.0. The van der Waals surface area contributed by atoms with E-state index >= 15 is 0 Å². The number of benzene rings is 9. The molecule has 12 heteroatoms. The zero-order valence-electron chi connectivity index (χ0n) is 41.7. The lowest BCUT2D eigenvalue weighted by Gasteiger charge is -2.19. The predicted octanol–water partition coefficient (Wildman–Crippen LogP) is 14.5. The number of aromatic nitrogens is 3. The van der Waals surface area contributed by atoms with Gasteiger partial charge in [-0.15, -0.1) is 0 Å². The molecule has 0 saturated carbocycles. The van der Waals surface area contributed by atoms with Crippen LogP contribution in [0.3, 0.4) is 0 Å². The van der Waals surface area contributed by atoms with Crippen LogP contribution < -0.4 is 0 Å². The van der Waals surface area contributed by atoms with Crippen molar-refractivity contribution in [1.82, 2.24) is 14.1 Å². The zero-order valence-corrected chi connectivity index (χ0v) is 41.7. The van der Waals surface area contributed by atoms with E-state index in [1.807, 2.05) is 102 Å². The normalized spacial score (nSPS) is 10.6. The minimum absolute atomic E-state index is 0.270. The van der Waals surface area contributed by atoms with Crippen LogP contribution >= 0.6 is 0 Å². The van der Waals surface area contributed by atoms with Crippen molar-refractivity contribution >= 4 is 43.6 Å². The molecular weight excluding hydrogens is 985 g/mol. The SMILES string of the molecule is N#Cc1cc(C#N)cc(-c2ccc3c4ccc(-c5cc(C#N)cc(C#N)c5)cc4n(-c4cc(-c5ccncc5)c(-n5c6cc(-c7cc(C#N)cc(C#N)c7)ccc6c6ccc(-c7cc(C#N)cc(C#N)c7)cc65)cc4C#N)c3c2)c1. The van der Waals surface area contributed by atoms with Gasteiger partial charge in [-0.05, 0) is 171 Å². The third-order valence-electron chi connectivity index (χ3n) is 14.3. The second-order valence-electron chi connectivity index (χ2n) is 18.9. The molecule has 0 radical (unpaired) electrons. The van der Waals surface area contributed by atoms with E-state index in [9.17, 15) is 47.4 Å². The fraction of sp³-hybridized carbons (Fsp3) is 0. The Morgan fingerprint density at radius 3 is 0.812 bits per heavy atom. The molecule has 12 rings (SSSR count). The van der Waals surface area contributed by atoms with E-state index in [1.54, 1.807) is 60.9 Å². The summed E-state index contributed by atoms with van der Waals surface area (Å²) < 4.78 is 4.11. The lowest BCUT2D eigenvalue weighted by molar-refractivity contribution is 1.13. The number of pyridine rings is 1. The third-order valence-corrected chi connectivity index (χ3v) is 14.3. The van der Waals surface area contributed by atoms with E-state index in [4.69, 9.17) is 0 Å². The lowest BCUT2D eigenvalue weighted by atomic mass is 9.98. The molecule has 0 bridgehead atoms. The number of nitrogens with zero attached hydrogens (tertiary/aromatic N) is 12. The number of rotatable bonds is 7. The van der Waals surface area contributed by atoms with Gasteiger partial charge in [-0.1, -0.05) is 48.5 Å². The van der Waals surface area contributed by atoms with Crippen LogP contribution in [-0.2, 0) is 0 Å². The van der Waals surface area contributed by atoms with Crippen LogP contribution in [0.15, 0.2) is 182 Å². The second-order valence-corrected chi connectivity index (χ2v) is 18.9. The molecule has 80 heavy (non-hydrogen) atoms. The molecule has 12 aromatic rings. The van der Waals surface area contributed by atoms with Gasteiger partial charge in [0, 0.05) is 39.5 Å². The van der Waals surface area contributed by atoms with Gasteiger partial charge in [-0.25, -0.2) is 0 Å². The molecule has 0 aliphatic carbocycles. The summed E-state index contributed by atoms with van der Waals surface area (Å²) in [5.74, 6) is 0. The molecule has 0 atom stereocenters. The Morgan fingerprint density at radius 2 is 0.537 bits per heavy atom. The molecule has 0 N–H and O–H groups in total. The number of nitriles is 9. The van der Waals surface area contributed by atoms with Crippen LogP contribution in [-0.4, -0.2) is 14.1 Å². The van der Waals surface area contributed by atoms with Crippen molar-refractivity contribution in [2.75, 3.05) is 0 Å². The highest BCUT2D eigenvalue weighted by Crippen LogP contribution is 2.44. The number of hydrogen-bond donors (Lipinski definition) is 0. The van der Waals surface area contributed by atoms with Crippen LogP contribution in [0.1, 0.15) is 50.1 Å². The van der Waals surface area contributed by atoms with Gasteiger partial charge < -0.3 is 9.13 Å². The van der Waals surface area contributed by atoms with Crippen molar-refractivity contribution in [3.05, 3.63) is 232 Å². The lowest BCUT2D eigenvalue weighted by Crippen LogP contribution is -2.04. The van der Waals surface area contributed by atoms with Gasteiger partial charge in [0.05, 0.1) is 132 Å². The molecule has 0 aliphatic rings. The molecule has 3 aromatic heterocycles. The van der Waals surface area contributed by atoms with Crippen molar-refractivity contribution in [3.63, 3.8) is 0 Å². The van der Waals surface area contributed by atoms with Gasteiger partial charge >= 0.3 is 0 Å². The van der Waals surface area contributed by atoms with E-state index in [2.05, 4.69) is 64.2 Å². The largest absolute Gasteiger partial charge is 0.309 e. The number of hydrogen-bond acceptors (Lipinski definition) is 10. The van der Waals surface area contributed by atoms with Gasteiger partial charge in [-0.2, -0.15) is 47.4 Å². The average Bonchev–Trinajstić information content (AvgIpc) is 4.15. The first-order valence-electron chi connectivity index (χ1n) is 24.6. The summed E-state index contributed by atoms with van der Waals surface area (Å²) in [5.41, 5.74) is 13.7. The van der Waals surface area contributed by atoms with E-state index in [0.29, 0.717) is 106 Å². The van der Waals surface area contributed by atoms with Gasteiger partial charge in [0.15, 0.2) is 0 Å². The molecule has 0 amide bonds. The monoisotopic (exact) mass is 1010 g/mol. The average molecular weight is 1020 g/mol. The standard InChI is InChI=1S/C68H30N12/c69-31-40-13-41(32-70)18-53(17-40)49-1-5-58-59-6-2-50(54-19-42(33-71)14-43(20-54)34-72)26-65(59)79(64(58)25-49)63-30-62(48-9-11-78-12-10-48)68(29-57(63)39-77)80-66-27-51(55-21-44(35-73)15-45(22-55)36-74)3-7-60(66)61-8-4-52(28-67(61)80)56-23-46(37-75)16-47(24-56)38-76/h1-30H. The molecule has 362 valence electrons. The second kappa shape index (κ2) is 19.4. The Labute approximate surface area is 456 Å². The molecule has 0 spiro atoms. The first-order chi connectivity index (χ1) is 39.2. The smallest absolute Gasteiger partial charge is 0.101 e. The van der Waals surface area contributed by atoms with Crippen LogP contribution in [0.2, 0.25) is 0 Å². The maximum Gasteiger partial charge on any atom is 0.101 e. The molecular formula is C68H30N12. The number of fused-ring (bicyclic) bond motifs is 6. The van der Waals surface area contributed by atoms with Crippen LogP contribution in [0, 0.1) is 102 Å². The van der Waals surface area contributed by atoms with E-state index in [-0.39, 0.29) is 5.56 Å². The summed E-state index contributed by atoms with van der Waals surface area (Å²) in [6, 6.07) is 71.3. The van der Waals surface area contributed by atoms with Gasteiger partial charge in [-0.3, -0.25) is 4.98 Å². The quantitative estimate of drug-likeness (QED) is 0.146. The first kappa shape index (κ1) is 48.1. The Bertz CT molecular complexity index is 4730. The van der Waals surface area contributed by atoms with Crippen LogP contribution in [0.4, 0.5) is 0 Å². The molecule has 12 nitrogen and oxygen atoms in total. The third kappa shape index (κ3) is 8.17. The Hall–Kier alpha value is -12.9. The summed E-state index contributed by atoms with van der Waals surface area (Å²) in [7, 11) is 0. The maximum absolute atomic E-state index is 11.6. The molecule has 0 unspecified atom stereocenters. The minimum atomic E-state index is 0.270. The fourth-order valence-corrected chi connectivity index (χ4v) is 10.8. The van der Waals surface area contributed by atoms with E-state index in [0.717, 1.165) is 49.3 Å². The van der Waals surface area contributed by atoms with E-state index in [1.165, 1.54) is 24.3 Å². The maximum atomic E-state index is 11.6. The van der Waals surface area contributed by atoms with Gasteiger partial charge in [0.1, 0.15) is 6.07 Å². The highest BCUT2D eigenvalue weighted by molar-refractivity contribution is 6.13. The predicted molar refractivity (Wildman–Crippen MR) is 303 cm³/mol. The van der Waals surface area contributed by atoms with Gasteiger partial charge in [0.25, 0.3) is 0 Å². The van der Waals surface area contributed by atoms with Crippen molar-refractivity contribution in [1.29, 1.82) is 47.4 Å². The minimum Gasteiger partial charge on any atom is -0.309 e. The first-order valence-corrected chi connectivity index (χ1v) is 24.6. The van der Waals surface area contributed by atoms with Crippen molar-refractivity contribution < 1.29 is 0 Å². The summed E-state index contributed by atoms with van der Waals surface area (Å²) in [6.07, 6.45) is 3.38. The fourth-order valence-electron chi connectivity index (χ4n) is 10.8. The molecule has 0 fully saturated rings. The summed E-state index contributed by atoms with van der Waals surface area (Å²) >= 11 is 0. The summed E-state index contributed by atoms with van der Waals surface area (Å²) in [4.78, 5) is 4.39. The highest BCUT2D eigenvalue weighted by Gasteiger charge is 2.24. The Kier molecular flexibility index (Phi) is 11.7. The van der Waals surface area contributed by atoms with E-state index < -0.39 is 0 Å². The molecule has 0 aliphatic heterocycles.